The highest BCUT2D eigenvalue weighted by Crippen LogP contribution is 2.37. The van der Waals surface area contributed by atoms with Crippen molar-refractivity contribution in [2.24, 2.45) is 0 Å². The molecule has 0 radical (unpaired) electrons. The summed E-state index contributed by atoms with van der Waals surface area (Å²) in [5.41, 5.74) is 0.678. The number of rotatable bonds is 6. The lowest BCUT2D eigenvalue weighted by Crippen LogP contribution is -2.41. The van der Waals surface area contributed by atoms with E-state index in [9.17, 15) is 18.0 Å². The Hall–Kier alpha value is -3.21. The number of carbonyl (C=O) groups is 1. The molecule has 27 heavy (non-hydrogen) atoms. The second-order valence-corrected chi connectivity index (χ2v) is 5.55. The molecule has 2 aromatic rings. The Morgan fingerprint density at radius 3 is 2.22 bits per heavy atom. The Balaban J connectivity index is 2.63. The van der Waals surface area contributed by atoms with Crippen molar-refractivity contribution >= 4 is 11.6 Å². The van der Waals surface area contributed by atoms with Crippen molar-refractivity contribution in [3.8, 4) is 17.6 Å². The fourth-order valence-electron chi connectivity index (χ4n) is 2.57. The third-order valence-electron chi connectivity index (χ3n) is 3.82. The van der Waals surface area contributed by atoms with E-state index in [1.54, 1.807) is 30.3 Å². The lowest BCUT2D eigenvalue weighted by atomic mass is 10.1. The highest BCUT2D eigenvalue weighted by Gasteiger charge is 2.43. The second-order valence-electron chi connectivity index (χ2n) is 5.55. The molecule has 0 aliphatic heterocycles. The summed E-state index contributed by atoms with van der Waals surface area (Å²) in [7, 11) is 2.70. The number of ether oxygens (including phenoxy) is 2. The van der Waals surface area contributed by atoms with Crippen LogP contribution >= 0.6 is 0 Å². The van der Waals surface area contributed by atoms with E-state index in [1.165, 1.54) is 26.4 Å². The van der Waals surface area contributed by atoms with Gasteiger partial charge in [-0.3, -0.25) is 9.69 Å². The number of anilines is 1. The average Bonchev–Trinajstić information content (AvgIpc) is 2.65. The number of nitriles is 1. The van der Waals surface area contributed by atoms with Crippen LogP contribution in [-0.2, 0) is 17.8 Å². The molecule has 2 rings (SSSR count). The number of amides is 1. The van der Waals surface area contributed by atoms with Gasteiger partial charge < -0.3 is 9.47 Å². The van der Waals surface area contributed by atoms with Crippen molar-refractivity contribution < 1.29 is 27.4 Å². The van der Waals surface area contributed by atoms with E-state index in [4.69, 9.17) is 14.7 Å². The normalized spacial score (nSPS) is 10.8. The summed E-state index contributed by atoms with van der Waals surface area (Å²) in [6.07, 6.45) is -5.28. The zero-order valence-corrected chi connectivity index (χ0v) is 14.7. The molecule has 0 saturated heterocycles. The quantitative estimate of drug-likeness (QED) is 0.766. The molecule has 1 amide bonds. The van der Waals surface area contributed by atoms with Gasteiger partial charge in [-0.1, -0.05) is 30.3 Å². The SMILES string of the molecule is COc1cc(CC#N)c(N(Cc2ccccc2)C(=O)C(F)(F)F)cc1OC. The van der Waals surface area contributed by atoms with Crippen LogP contribution in [0.5, 0.6) is 11.5 Å². The van der Waals surface area contributed by atoms with E-state index in [1.807, 2.05) is 6.07 Å². The van der Waals surface area contributed by atoms with Gasteiger partial charge in [-0.2, -0.15) is 18.4 Å². The topological polar surface area (TPSA) is 62.6 Å². The van der Waals surface area contributed by atoms with Gasteiger partial charge in [0, 0.05) is 6.07 Å². The molecule has 0 aliphatic carbocycles. The Morgan fingerprint density at radius 2 is 1.70 bits per heavy atom. The Bertz CT molecular complexity index is 846. The zero-order chi connectivity index (χ0) is 20.0. The van der Waals surface area contributed by atoms with Crippen LogP contribution in [0.1, 0.15) is 11.1 Å². The molecule has 0 aliphatic rings. The fraction of sp³-hybridized carbons (Fsp3) is 0.263. The molecule has 5 nitrogen and oxygen atoms in total. The Morgan fingerprint density at radius 1 is 1.11 bits per heavy atom. The number of hydrogen-bond acceptors (Lipinski definition) is 4. The van der Waals surface area contributed by atoms with Gasteiger partial charge in [0.15, 0.2) is 11.5 Å². The first kappa shape index (κ1) is 20.1. The number of benzene rings is 2. The minimum absolute atomic E-state index is 0.0552. The van der Waals surface area contributed by atoms with Crippen LogP contribution in [-0.4, -0.2) is 26.3 Å². The van der Waals surface area contributed by atoms with Crippen molar-refractivity contribution in [1.82, 2.24) is 0 Å². The number of halogens is 3. The number of carbonyl (C=O) groups excluding carboxylic acids is 1. The molecule has 142 valence electrons. The number of hydrogen-bond donors (Lipinski definition) is 0. The monoisotopic (exact) mass is 378 g/mol. The predicted molar refractivity (Wildman–Crippen MR) is 92.6 cm³/mol. The van der Waals surface area contributed by atoms with Gasteiger partial charge in [0.2, 0.25) is 0 Å². The maximum Gasteiger partial charge on any atom is 0.471 e. The summed E-state index contributed by atoms with van der Waals surface area (Å²) in [6.45, 7) is -0.312. The highest BCUT2D eigenvalue weighted by molar-refractivity contribution is 5.98. The van der Waals surface area contributed by atoms with Gasteiger partial charge in [-0.05, 0) is 17.2 Å². The van der Waals surface area contributed by atoms with E-state index in [0.29, 0.717) is 10.5 Å². The highest BCUT2D eigenvalue weighted by atomic mass is 19.4. The number of alkyl halides is 3. The molecule has 0 spiro atoms. The molecular weight excluding hydrogens is 361 g/mol. The molecule has 0 N–H and O–H groups in total. The third-order valence-corrected chi connectivity index (χ3v) is 3.82. The summed E-state index contributed by atoms with van der Waals surface area (Å²) in [6, 6.07) is 12.8. The van der Waals surface area contributed by atoms with Crippen molar-refractivity contribution in [3.63, 3.8) is 0 Å². The third kappa shape index (κ3) is 4.70. The lowest BCUT2D eigenvalue weighted by Gasteiger charge is -2.27. The molecular formula is C19H17F3N2O3. The first-order chi connectivity index (χ1) is 12.8. The summed E-state index contributed by atoms with van der Waals surface area (Å²) in [5, 5.41) is 9.06. The van der Waals surface area contributed by atoms with Crippen molar-refractivity contribution in [1.29, 1.82) is 5.26 Å². The van der Waals surface area contributed by atoms with E-state index < -0.39 is 12.1 Å². The van der Waals surface area contributed by atoms with Crippen LogP contribution in [0.4, 0.5) is 18.9 Å². The van der Waals surface area contributed by atoms with Crippen LogP contribution < -0.4 is 14.4 Å². The van der Waals surface area contributed by atoms with E-state index in [0.717, 1.165) is 0 Å². The van der Waals surface area contributed by atoms with Gasteiger partial charge in [0.05, 0.1) is 38.9 Å². The van der Waals surface area contributed by atoms with Gasteiger partial charge in [0.1, 0.15) is 0 Å². The molecule has 2 aromatic carbocycles. The summed E-state index contributed by atoms with van der Waals surface area (Å²) >= 11 is 0. The van der Waals surface area contributed by atoms with Crippen molar-refractivity contribution in [2.45, 2.75) is 19.1 Å². The van der Waals surface area contributed by atoms with Crippen LogP contribution in [0.25, 0.3) is 0 Å². The van der Waals surface area contributed by atoms with Crippen LogP contribution in [0.2, 0.25) is 0 Å². The fourth-order valence-corrected chi connectivity index (χ4v) is 2.57. The molecule has 0 bridgehead atoms. The standard InChI is InChI=1S/C19H17F3N2O3/c1-26-16-10-14(8-9-23)15(11-17(16)27-2)24(18(25)19(20,21)22)12-13-6-4-3-5-7-13/h3-7,10-11H,8,12H2,1-2H3. The maximum atomic E-state index is 13.2. The molecule has 0 saturated carbocycles. The minimum Gasteiger partial charge on any atom is -0.493 e. The summed E-state index contributed by atoms with van der Waals surface area (Å²) < 4.78 is 50.0. The van der Waals surface area contributed by atoms with E-state index >= 15 is 0 Å². The molecule has 0 unspecified atom stereocenters. The molecule has 0 aromatic heterocycles. The molecule has 0 atom stereocenters. The van der Waals surface area contributed by atoms with E-state index in [2.05, 4.69) is 0 Å². The van der Waals surface area contributed by atoms with Gasteiger partial charge in [0.25, 0.3) is 0 Å². The number of nitrogens with zero attached hydrogens (tertiary/aromatic N) is 2. The van der Waals surface area contributed by atoms with Crippen molar-refractivity contribution in [3.05, 3.63) is 53.6 Å². The first-order valence-electron chi connectivity index (χ1n) is 7.86. The summed E-state index contributed by atoms with van der Waals surface area (Å²) in [5.74, 6) is -1.62. The average molecular weight is 378 g/mol. The largest absolute Gasteiger partial charge is 0.493 e. The summed E-state index contributed by atoms with van der Waals surface area (Å²) in [4.78, 5) is 12.7. The van der Waals surface area contributed by atoms with E-state index in [-0.39, 0.29) is 35.7 Å². The Labute approximate surface area is 154 Å². The zero-order valence-electron chi connectivity index (χ0n) is 14.7. The van der Waals surface area contributed by atoms with Crippen molar-refractivity contribution in [2.75, 3.05) is 19.1 Å². The van der Waals surface area contributed by atoms with Gasteiger partial charge >= 0.3 is 12.1 Å². The lowest BCUT2D eigenvalue weighted by molar-refractivity contribution is -0.170. The minimum atomic E-state index is -5.08. The molecule has 8 heteroatoms. The second kappa shape index (κ2) is 8.45. The predicted octanol–water partition coefficient (Wildman–Crippen LogP) is 3.87. The molecule has 0 heterocycles. The maximum absolute atomic E-state index is 13.2. The number of methoxy groups -OCH3 is 2. The van der Waals surface area contributed by atoms with Crippen LogP contribution in [0, 0.1) is 11.3 Å². The molecule has 0 fully saturated rings. The van der Waals surface area contributed by atoms with Crippen LogP contribution in [0.3, 0.4) is 0 Å². The Kier molecular flexibility index (Phi) is 6.29. The van der Waals surface area contributed by atoms with Gasteiger partial charge in [-0.25, -0.2) is 0 Å². The van der Waals surface area contributed by atoms with Gasteiger partial charge in [-0.15, -0.1) is 0 Å². The smallest absolute Gasteiger partial charge is 0.471 e. The first-order valence-corrected chi connectivity index (χ1v) is 7.86. The van der Waals surface area contributed by atoms with Crippen LogP contribution in [0.15, 0.2) is 42.5 Å².